The van der Waals surface area contributed by atoms with E-state index in [0.29, 0.717) is 12.3 Å². The summed E-state index contributed by atoms with van der Waals surface area (Å²) in [7, 11) is 0. The average molecular weight is 300 g/mol. The molecule has 1 aromatic rings. The molecule has 1 aromatic heterocycles. The van der Waals surface area contributed by atoms with Crippen molar-refractivity contribution in [3.05, 3.63) is 30.0 Å². The van der Waals surface area contributed by atoms with E-state index < -0.39 is 0 Å². The van der Waals surface area contributed by atoms with Crippen LogP contribution in [0, 0.1) is 0 Å². The third-order valence-electron chi connectivity index (χ3n) is 4.84. The number of hydrogen-bond donors (Lipinski definition) is 0. The second kappa shape index (κ2) is 5.75. The zero-order valence-corrected chi connectivity index (χ0v) is 13.5. The normalized spacial score (nSPS) is 20.5. The number of hydrogen-bond acceptors (Lipinski definition) is 4. The number of anilines is 1. The van der Waals surface area contributed by atoms with E-state index in [0.717, 1.165) is 43.9 Å². The van der Waals surface area contributed by atoms with Crippen LogP contribution in [-0.4, -0.2) is 29.6 Å². The third-order valence-corrected chi connectivity index (χ3v) is 4.84. The molecule has 4 heteroatoms. The summed E-state index contributed by atoms with van der Waals surface area (Å²) < 4.78 is 5.58. The summed E-state index contributed by atoms with van der Waals surface area (Å²) in [4.78, 5) is 18.4. The van der Waals surface area contributed by atoms with Crippen molar-refractivity contribution in [2.45, 2.75) is 51.0 Å². The number of carbonyl (C=O) groups excluding carboxylic acids is 1. The molecular formula is C18H24N2O2. The summed E-state index contributed by atoms with van der Waals surface area (Å²) in [6.45, 7) is 10.00. The Morgan fingerprint density at radius 3 is 2.59 bits per heavy atom. The monoisotopic (exact) mass is 300 g/mol. The van der Waals surface area contributed by atoms with E-state index in [1.807, 2.05) is 0 Å². The van der Waals surface area contributed by atoms with Crippen LogP contribution in [0.3, 0.4) is 0 Å². The van der Waals surface area contributed by atoms with E-state index in [1.54, 1.807) is 6.08 Å². The molecule has 0 unspecified atom stereocenters. The largest absolute Gasteiger partial charge is 0.459 e. The van der Waals surface area contributed by atoms with Crippen LogP contribution >= 0.6 is 0 Å². The Bertz CT molecular complexity index is 587. The predicted molar refractivity (Wildman–Crippen MR) is 87.9 cm³/mol. The lowest BCUT2D eigenvalue weighted by Gasteiger charge is -2.38. The van der Waals surface area contributed by atoms with Crippen LogP contribution in [0.2, 0.25) is 0 Å². The number of piperidine rings is 1. The van der Waals surface area contributed by atoms with Crippen molar-refractivity contribution in [3.8, 4) is 0 Å². The van der Waals surface area contributed by atoms with Gasteiger partial charge in [-0.15, -0.1) is 0 Å². The molecular weight excluding hydrogens is 276 g/mol. The molecule has 3 rings (SSSR count). The molecule has 0 aliphatic carbocycles. The maximum absolute atomic E-state index is 11.4. The van der Waals surface area contributed by atoms with Crippen molar-refractivity contribution < 1.29 is 9.53 Å². The first-order chi connectivity index (χ1) is 10.5. The second-order valence-electron chi connectivity index (χ2n) is 6.69. The Labute approximate surface area is 132 Å². The lowest BCUT2D eigenvalue weighted by atomic mass is 9.88. The molecule has 0 N–H and O–H groups in total. The maximum Gasteiger partial charge on any atom is 0.306 e. The Hall–Kier alpha value is -1.84. The summed E-state index contributed by atoms with van der Waals surface area (Å²) in [5, 5.41) is 0. The van der Waals surface area contributed by atoms with Gasteiger partial charge in [-0.3, -0.25) is 4.79 Å². The van der Waals surface area contributed by atoms with Gasteiger partial charge >= 0.3 is 5.97 Å². The van der Waals surface area contributed by atoms with Crippen molar-refractivity contribution in [1.29, 1.82) is 0 Å². The van der Waals surface area contributed by atoms with Crippen LogP contribution in [-0.2, 0) is 9.53 Å². The number of nitrogens with zero attached hydrogens (tertiary/aromatic N) is 2. The molecule has 22 heavy (non-hydrogen) atoms. The summed E-state index contributed by atoms with van der Waals surface area (Å²) in [6.07, 6.45) is 5.05. The first-order valence-electron chi connectivity index (χ1n) is 8.12. The van der Waals surface area contributed by atoms with Crippen molar-refractivity contribution in [2.75, 3.05) is 18.0 Å². The zero-order chi connectivity index (χ0) is 15.7. The molecule has 3 heterocycles. The highest BCUT2D eigenvalue weighted by Gasteiger charge is 2.42. The smallest absolute Gasteiger partial charge is 0.306 e. The fraction of sp³-hybridized carbons (Fsp3) is 0.556. The van der Waals surface area contributed by atoms with Gasteiger partial charge in [0.1, 0.15) is 11.4 Å². The van der Waals surface area contributed by atoms with Gasteiger partial charge in [0.05, 0.1) is 5.69 Å². The van der Waals surface area contributed by atoms with E-state index in [4.69, 9.17) is 4.74 Å². The quantitative estimate of drug-likeness (QED) is 0.801. The lowest BCUT2D eigenvalue weighted by molar-refractivity contribution is -0.149. The van der Waals surface area contributed by atoms with E-state index in [-0.39, 0.29) is 11.6 Å². The number of pyridine rings is 1. The molecule has 118 valence electrons. The van der Waals surface area contributed by atoms with E-state index in [1.165, 1.54) is 5.56 Å². The molecule has 1 spiro atoms. The van der Waals surface area contributed by atoms with E-state index >= 15 is 0 Å². The molecule has 0 bridgehead atoms. The van der Waals surface area contributed by atoms with Crippen LogP contribution in [0.25, 0.3) is 6.08 Å². The van der Waals surface area contributed by atoms with Gasteiger partial charge < -0.3 is 9.64 Å². The SMILES string of the molecule is C=Cc1cc(C(C)C)cc(N2CCC3(CCC(=O)O3)CC2)n1. The number of aromatic nitrogens is 1. The summed E-state index contributed by atoms with van der Waals surface area (Å²) >= 11 is 0. The molecule has 2 fully saturated rings. The third kappa shape index (κ3) is 2.87. The number of esters is 1. The minimum absolute atomic E-state index is 0.0395. The maximum atomic E-state index is 11.4. The van der Waals surface area contributed by atoms with Gasteiger partial charge in [-0.25, -0.2) is 4.98 Å². The minimum atomic E-state index is -0.204. The van der Waals surface area contributed by atoms with Crippen LogP contribution < -0.4 is 4.90 Å². The fourth-order valence-corrected chi connectivity index (χ4v) is 3.33. The van der Waals surface area contributed by atoms with Gasteiger partial charge in [-0.1, -0.05) is 20.4 Å². The van der Waals surface area contributed by atoms with Crippen molar-refractivity contribution in [2.24, 2.45) is 0 Å². The van der Waals surface area contributed by atoms with Gasteiger partial charge in [-0.05, 0) is 36.1 Å². The van der Waals surface area contributed by atoms with Gasteiger partial charge in [-0.2, -0.15) is 0 Å². The van der Waals surface area contributed by atoms with Crippen molar-refractivity contribution >= 4 is 17.9 Å². The van der Waals surface area contributed by atoms with Crippen LogP contribution in [0.15, 0.2) is 18.7 Å². The topological polar surface area (TPSA) is 42.4 Å². The first kappa shape index (κ1) is 15.1. The summed E-state index contributed by atoms with van der Waals surface area (Å²) in [5.41, 5.74) is 2.01. The molecule has 0 saturated carbocycles. The standard InChI is InChI=1S/C18H24N2O2/c1-4-15-11-14(13(2)3)12-16(19-15)20-9-7-18(8-10-20)6-5-17(21)22-18/h4,11-13H,1,5-10H2,2-3H3. The predicted octanol–water partition coefficient (Wildman–Crippen LogP) is 3.52. The second-order valence-corrected chi connectivity index (χ2v) is 6.69. The highest BCUT2D eigenvalue weighted by molar-refractivity contribution is 5.72. The Morgan fingerprint density at radius 1 is 1.32 bits per heavy atom. The Balaban J connectivity index is 1.77. The molecule has 0 aromatic carbocycles. The molecule has 0 amide bonds. The zero-order valence-electron chi connectivity index (χ0n) is 13.5. The number of carbonyl (C=O) groups is 1. The van der Waals surface area contributed by atoms with Crippen LogP contribution in [0.5, 0.6) is 0 Å². The van der Waals surface area contributed by atoms with Gasteiger partial charge in [0, 0.05) is 32.4 Å². The van der Waals surface area contributed by atoms with E-state index in [2.05, 4.69) is 42.4 Å². The summed E-state index contributed by atoms with van der Waals surface area (Å²) in [6, 6.07) is 4.28. The van der Waals surface area contributed by atoms with Crippen molar-refractivity contribution in [3.63, 3.8) is 0 Å². The number of rotatable bonds is 3. The van der Waals surface area contributed by atoms with Gasteiger partial charge in [0.15, 0.2) is 0 Å². The van der Waals surface area contributed by atoms with Crippen LogP contribution in [0.1, 0.15) is 56.7 Å². The Kier molecular flexibility index (Phi) is 3.94. The molecule has 2 aliphatic rings. The molecule has 0 radical (unpaired) electrons. The minimum Gasteiger partial charge on any atom is -0.459 e. The average Bonchev–Trinajstić information content (AvgIpc) is 2.88. The van der Waals surface area contributed by atoms with Crippen LogP contribution in [0.4, 0.5) is 5.82 Å². The fourth-order valence-electron chi connectivity index (χ4n) is 3.33. The van der Waals surface area contributed by atoms with E-state index in [9.17, 15) is 4.79 Å². The molecule has 4 nitrogen and oxygen atoms in total. The summed E-state index contributed by atoms with van der Waals surface area (Å²) in [5.74, 6) is 1.44. The van der Waals surface area contributed by atoms with Gasteiger partial charge in [0.2, 0.25) is 0 Å². The number of ether oxygens (including phenoxy) is 1. The molecule has 0 atom stereocenters. The van der Waals surface area contributed by atoms with Gasteiger partial charge in [0.25, 0.3) is 0 Å². The highest BCUT2D eigenvalue weighted by Crippen LogP contribution is 2.37. The lowest BCUT2D eigenvalue weighted by Crippen LogP contribution is -2.44. The first-order valence-corrected chi connectivity index (χ1v) is 8.12. The highest BCUT2D eigenvalue weighted by atomic mass is 16.6. The Morgan fingerprint density at radius 2 is 2.05 bits per heavy atom. The molecule has 2 saturated heterocycles. The molecule has 2 aliphatic heterocycles. The van der Waals surface area contributed by atoms with Crippen molar-refractivity contribution in [1.82, 2.24) is 4.98 Å².